The van der Waals surface area contributed by atoms with E-state index in [1.807, 2.05) is 25.2 Å². The molecule has 2 N–H and O–H groups in total. The Balaban J connectivity index is 0.00000280. The van der Waals surface area contributed by atoms with Crippen LogP contribution in [0.1, 0.15) is 24.0 Å². The molecule has 2 aromatic carbocycles. The molecule has 6 heteroatoms. The van der Waals surface area contributed by atoms with Crippen molar-refractivity contribution < 1.29 is 4.74 Å². The lowest BCUT2D eigenvalue weighted by Crippen LogP contribution is -2.48. The molecule has 0 atom stereocenters. The molecule has 0 amide bonds. The third-order valence-corrected chi connectivity index (χ3v) is 5.49. The van der Waals surface area contributed by atoms with Crippen molar-refractivity contribution in [1.82, 2.24) is 10.6 Å². The van der Waals surface area contributed by atoms with Crippen molar-refractivity contribution >= 4 is 41.5 Å². The highest BCUT2D eigenvalue weighted by Gasteiger charge is 2.34. The molecule has 1 fully saturated rings. The van der Waals surface area contributed by atoms with Gasteiger partial charge in [-0.25, -0.2) is 0 Å². The fourth-order valence-corrected chi connectivity index (χ4v) is 3.78. The van der Waals surface area contributed by atoms with Gasteiger partial charge in [-0.05, 0) is 42.5 Å². The molecule has 28 heavy (non-hydrogen) atoms. The van der Waals surface area contributed by atoms with E-state index in [1.165, 1.54) is 11.1 Å². The Morgan fingerprint density at radius 3 is 2.50 bits per heavy atom. The fraction of sp³-hybridized carbons (Fsp3) is 0.409. The lowest BCUT2D eigenvalue weighted by molar-refractivity contribution is 0.0514. The molecule has 1 aliphatic rings. The van der Waals surface area contributed by atoms with Gasteiger partial charge in [-0.3, -0.25) is 4.99 Å². The molecule has 4 nitrogen and oxygen atoms in total. The summed E-state index contributed by atoms with van der Waals surface area (Å²) in [4.78, 5) is 4.38. The molecular formula is C22H29ClIN3O. The summed E-state index contributed by atoms with van der Waals surface area (Å²) in [5.74, 6) is 0.832. The molecule has 0 radical (unpaired) electrons. The highest BCUT2D eigenvalue weighted by molar-refractivity contribution is 14.0. The summed E-state index contributed by atoms with van der Waals surface area (Å²) in [5.41, 5.74) is 2.60. The van der Waals surface area contributed by atoms with E-state index in [1.54, 1.807) is 0 Å². The van der Waals surface area contributed by atoms with Crippen molar-refractivity contribution in [2.75, 3.05) is 33.4 Å². The highest BCUT2D eigenvalue weighted by Crippen LogP contribution is 2.35. The number of guanidine groups is 1. The van der Waals surface area contributed by atoms with E-state index in [0.717, 1.165) is 56.5 Å². The number of nitrogens with zero attached hydrogens (tertiary/aromatic N) is 1. The third-order valence-electron chi connectivity index (χ3n) is 5.25. The minimum absolute atomic E-state index is 0. The molecular weight excluding hydrogens is 485 g/mol. The van der Waals surface area contributed by atoms with Gasteiger partial charge in [-0.15, -0.1) is 24.0 Å². The second-order valence-electron chi connectivity index (χ2n) is 6.99. The monoisotopic (exact) mass is 513 g/mol. The van der Waals surface area contributed by atoms with E-state index in [0.29, 0.717) is 0 Å². The first-order valence-corrected chi connectivity index (χ1v) is 9.92. The molecule has 152 valence electrons. The zero-order valence-corrected chi connectivity index (χ0v) is 19.4. The van der Waals surface area contributed by atoms with Gasteiger partial charge in [0.15, 0.2) is 5.96 Å². The van der Waals surface area contributed by atoms with Crippen molar-refractivity contribution in [2.45, 2.75) is 24.7 Å². The van der Waals surface area contributed by atoms with Crippen molar-refractivity contribution in [3.63, 3.8) is 0 Å². The van der Waals surface area contributed by atoms with Gasteiger partial charge < -0.3 is 15.4 Å². The minimum Gasteiger partial charge on any atom is -0.381 e. The Hall–Kier alpha value is -1.31. The van der Waals surface area contributed by atoms with Gasteiger partial charge in [0.25, 0.3) is 0 Å². The number of benzene rings is 2. The number of aliphatic imine (C=N–C) groups is 1. The van der Waals surface area contributed by atoms with Gasteiger partial charge >= 0.3 is 0 Å². The van der Waals surface area contributed by atoms with Crippen LogP contribution < -0.4 is 10.6 Å². The zero-order chi connectivity index (χ0) is 19.0. The summed E-state index contributed by atoms with van der Waals surface area (Å²) in [5, 5.41) is 7.72. The number of hydrogen-bond acceptors (Lipinski definition) is 2. The predicted octanol–water partition coefficient (Wildman–Crippen LogP) is 4.41. The smallest absolute Gasteiger partial charge is 0.191 e. The van der Waals surface area contributed by atoms with E-state index in [2.05, 4.69) is 52.0 Å². The van der Waals surface area contributed by atoms with Crippen LogP contribution in [-0.2, 0) is 16.6 Å². The maximum atomic E-state index is 6.26. The Bertz CT molecular complexity index is 748. The third kappa shape index (κ3) is 6.36. The predicted molar refractivity (Wildman–Crippen MR) is 128 cm³/mol. The Kier molecular flexibility index (Phi) is 9.55. The molecule has 0 saturated carbocycles. The average molecular weight is 514 g/mol. The van der Waals surface area contributed by atoms with Crippen LogP contribution in [0.25, 0.3) is 0 Å². The van der Waals surface area contributed by atoms with E-state index in [9.17, 15) is 0 Å². The minimum atomic E-state index is 0. The number of halogens is 2. The van der Waals surface area contributed by atoms with Gasteiger partial charge in [0.1, 0.15) is 0 Å². The van der Waals surface area contributed by atoms with Gasteiger partial charge in [-0.2, -0.15) is 0 Å². The fourth-order valence-electron chi connectivity index (χ4n) is 3.59. The van der Waals surface area contributed by atoms with Crippen LogP contribution >= 0.6 is 35.6 Å². The van der Waals surface area contributed by atoms with Crippen LogP contribution in [0.5, 0.6) is 0 Å². The van der Waals surface area contributed by atoms with Crippen LogP contribution in [0.15, 0.2) is 59.6 Å². The molecule has 0 unspecified atom stereocenters. The second kappa shape index (κ2) is 11.6. The van der Waals surface area contributed by atoms with Crippen LogP contribution in [0.3, 0.4) is 0 Å². The summed E-state index contributed by atoms with van der Waals surface area (Å²) < 4.78 is 5.62. The van der Waals surface area contributed by atoms with Crippen LogP contribution in [-0.4, -0.2) is 39.3 Å². The normalized spacial score (nSPS) is 16.1. The largest absolute Gasteiger partial charge is 0.381 e. The van der Waals surface area contributed by atoms with Crippen molar-refractivity contribution in [1.29, 1.82) is 0 Å². The molecule has 0 aromatic heterocycles. The molecule has 2 aromatic rings. The van der Waals surface area contributed by atoms with Crippen molar-refractivity contribution in [3.8, 4) is 0 Å². The lowest BCUT2D eigenvalue weighted by atomic mass is 9.74. The molecule has 0 aliphatic carbocycles. The Morgan fingerprint density at radius 1 is 1.07 bits per heavy atom. The van der Waals surface area contributed by atoms with Gasteiger partial charge in [0.2, 0.25) is 0 Å². The molecule has 0 bridgehead atoms. The van der Waals surface area contributed by atoms with Crippen LogP contribution in [0, 0.1) is 0 Å². The van der Waals surface area contributed by atoms with Crippen LogP contribution in [0.2, 0.25) is 5.02 Å². The number of nitrogens with one attached hydrogen (secondary N) is 2. The van der Waals surface area contributed by atoms with Crippen molar-refractivity contribution in [3.05, 3.63) is 70.7 Å². The summed E-state index contributed by atoms with van der Waals surface area (Å²) in [6, 6.07) is 18.7. The quantitative estimate of drug-likeness (QED) is 0.342. The summed E-state index contributed by atoms with van der Waals surface area (Å²) >= 11 is 6.26. The highest BCUT2D eigenvalue weighted by atomic mass is 127. The average Bonchev–Trinajstić information content (AvgIpc) is 2.72. The molecule has 3 rings (SSSR count). The van der Waals surface area contributed by atoms with Crippen molar-refractivity contribution in [2.24, 2.45) is 4.99 Å². The first-order chi connectivity index (χ1) is 13.2. The van der Waals surface area contributed by atoms with E-state index < -0.39 is 0 Å². The van der Waals surface area contributed by atoms with Crippen LogP contribution in [0.4, 0.5) is 0 Å². The van der Waals surface area contributed by atoms with Gasteiger partial charge in [0, 0.05) is 43.8 Å². The Morgan fingerprint density at radius 2 is 1.82 bits per heavy atom. The van der Waals surface area contributed by atoms with Gasteiger partial charge in [0.05, 0.1) is 0 Å². The maximum absolute atomic E-state index is 6.26. The molecule has 1 saturated heterocycles. The molecule has 1 aliphatic heterocycles. The first-order valence-electron chi connectivity index (χ1n) is 9.54. The zero-order valence-electron chi connectivity index (χ0n) is 16.3. The van der Waals surface area contributed by atoms with E-state index in [4.69, 9.17) is 16.3 Å². The standard InChI is InChI=1S/C22H28ClN3O.HI/c1-24-21(25-13-10-18-6-3-2-4-7-18)26-17-22(11-14-27-15-12-22)19-8-5-9-20(23)16-19;/h2-9,16H,10-15,17H2,1H3,(H2,24,25,26);1H. The molecule has 1 heterocycles. The Labute approximate surface area is 190 Å². The summed E-state index contributed by atoms with van der Waals surface area (Å²) in [7, 11) is 1.81. The molecule has 0 spiro atoms. The van der Waals surface area contributed by atoms with E-state index >= 15 is 0 Å². The maximum Gasteiger partial charge on any atom is 0.191 e. The lowest BCUT2D eigenvalue weighted by Gasteiger charge is -2.38. The SMILES string of the molecule is CN=C(NCCc1ccccc1)NCC1(c2cccc(Cl)c2)CCOCC1.I. The number of rotatable bonds is 6. The number of hydrogen-bond donors (Lipinski definition) is 2. The summed E-state index contributed by atoms with van der Waals surface area (Å²) in [6.45, 7) is 3.20. The van der Waals surface area contributed by atoms with Gasteiger partial charge in [-0.1, -0.05) is 54.1 Å². The second-order valence-corrected chi connectivity index (χ2v) is 7.43. The van der Waals surface area contributed by atoms with E-state index in [-0.39, 0.29) is 29.4 Å². The summed E-state index contributed by atoms with van der Waals surface area (Å²) in [6.07, 6.45) is 2.91. The topological polar surface area (TPSA) is 45.7 Å². The first kappa shape index (κ1) is 23.0. The number of ether oxygens (including phenoxy) is 1.